The lowest BCUT2D eigenvalue weighted by Gasteiger charge is -2.24. The molecule has 0 unspecified atom stereocenters. The normalized spacial score (nSPS) is 13.3. The first-order valence-electron chi connectivity index (χ1n) is 9.73. The number of anilines is 1. The maximum atomic E-state index is 12.9. The lowest BCUT2D eigenvalue weighted by atomic mass is 10.0. The Morgan fingerprint density at radius 3 is 2.39 bits per heavy atom. The first-order valence-corrected chi connectivity index (χ1v) is 9.73. The highest BCUT2D eigenvalue weighted by molar-refractivity contribution is 5.95. The van der Waals surface area contributed by atoms with Gasteiger partial charge in [0.05, 0.1) is 18.6 Å². The number of rotatable bonds is 8. The Labute approximate surface area is 166 Å². The lowest BCUT2D eigenvalue weighted by molar-refractivity contribution is -0.118. The molecule has 3 aromatic rings. The van der Waals surface area contributed by atoms with Crippen LogP contribution in [0.25, 0.3) is 0 Å². The topological polar surface area (TPSA) is 59.0 Å². The summed E-state index contributed by atoms with van der Waals surface area (Å²) in [4.78, 5) is 12.9. The van der Waals surface area contributed by atoms with Crippen molar-refractivity contribution in [1.82, 2.24) is 15.1 Å². The molecule has 0 aliphatic rings. The molecule has 2 aromatic carbocycles. The van der Waals surface area contributed by atoms with Gasteiger partial charge >= 0.3 is 0 Å². The summed E-state index contributed by atoms with van der Waals surface area (Å²) in [5.41, 5.74) is 3.14. The van der Waals surface area contributed by atoms with Crippen molar-refractivity contribution in [2.75, 3.05) is 5.32 Å². The summed E-state index contributed by atoms with van der Waals surface area (Å²) >= 11 is 0. The average molecular weight is 377 g/mol. The molecule has 146 valence electrons. The van der Waals surface area contributed by atoms with Gasteiger partial charge in [-0.1, -0.05) is 62.4 Å². The molecule has 0 aliphatic carbocycles. The average Bonchev–Trinajstić information content (AvgIpc) is 3.21. The number of aromatic nitrogens is 2. The number of carbonyl (C=O) groups excluding carboxylic acids is 1. The van der Waals surface area contributed by atoms with Gasteiger partial charge in [-0.25, -0.2) is 0 Å². The molecule has 0 radical (unpaired) electrons. The standard InChI is InChI=1S/C23H28N4O/c1-17(2)20-12-7-8-13-21(20)26-23(28)18(3)25-22(16-27-15-9-14-24-27)19-10-5-4-6-11-19/h4-15,17-18,22,25H,16H2,1-3H3,(H,26,28)/t18-,22+/m1/s1. The van der Waals surface area contributed by atoms with E-state index in [0.717, 1.165) is 16.8 Å². The summed E-state index contributed by atoms with van der Waals surface area (Å²) in [7, 11) is 0. The molecule has 28 heavy (non-hydrogen) atoms. The fraction of sp³-hybridized carbons (Fsp3) is 0.304. The summed E-state index contributed by atoms with van der Waals surface area (Å²) in [6.07, 6.45) is 3.70. The van der Waals surface area contributed by atoms with E-state index in [-0.39, 0.29) is 18.0 Å². The fourth-order valence-electron chi connectivity index (χ4n) is 3.27. The van der Waals surface area contributed by atoms with Crippen LogP contribution in [0, 0.1) is 0 Å². The zero-order valence-corrected chi connectivity index (χ0v) is 16.7. The van der Waals surface area contributed by atoms with Crippen LogP contribution in [-0.2, 0) is 11.3 Å². The number of hydrogen-bond donors (Lipinski definition) is 2. The molecule has 1 aromatic heterocycles. The number of amides is 1. The Bertz CT molecular complexity index is 875. The smallest absolute Gasteiger partial charge is 0.241 e. The lowest BCUT2D eigenvalue weighted by Crippen LogP contribution is -2.41. The monoisotopic (exact) mass is 376 g/mol. The van der Waals surface area contributed by atoms with Gasteiger partial charge in [0.1, 0.15) is 0 Å². The van der Waals surface area contributed by atoms with Crippen molar-refractivity contribution in [3.63, 3.8) is 0 Å². The second-order valence-corrected chi connectivity index (χ2v) is 7.31. The molecule has 0 saturated carbocycles. The minimum atomic E-state index is -0.360. The van der Waals surface area contributed by atoms with Crippen molar-refractivity contribution in [3.8, 4) is 0 Å². The molecule has 0 spiro atoms. The van der Waals surface area contributed by atoms with E-state index < -0.39 is 0 Å². The summed E-state index contributed by atoms with van der Waals surface area (Å²) in [6, 6.07) is 19.6. The highest BCUT2D eigenvalue weighted by Gasteiger charge is 2.21. The quantitative estimate of drug-likeness (QED) is 0.614. The van der Waals surface area contributed by atoms with Gasteiger partial charge in [-0.3, -0.25) is 14.8 Å². The number of hydrogen-bond acceptors (Lipinski definition) is 3. The van der Waals surface area contributed by atoms with E-state index in [0.29, 0.717) is 12.5 Å². The minimum Gasteiger partial charge on any atom is -0.324 e. The number of nitrogens with one attached hydrogen (secondary N) is 2. The molecule has 5 nitrogen and oxygen atoms in total. The second kappa shape index (κ2) is 9.33. The molecule has 1 amide bonds. The predicted octanol–water partition coefficient (Wildman–Crippen LogP) is 4.36. The van der Waals surface area contributed by atoms with Crippen LogP contribution in [0.4, 0.5) is 5.69 Å². The Balaban J connectivity index is 1.72. The Hall–Kier alpha value is -2.92. The molecule has 1 heterocycles. The van der Waals surface area contributed by atoms with Gasteiger partial charge in [-0.2, -0.15) is 5.10 Å². The minimum absolute atomic E-state index is 0.0257. The van der Waals surface area contributed by atoms with E-state index in [2.05, 4.69) is 47.8 Å². The number of carbonyl (C=O) groups is 1. The maximum absolute atomic E-state index is 12.9. The molecule has 2 atom stereocenters. The first-order chi connectivity index (χ1) is 13.5. The van der Waals surface area contributed by atoms with Gasteiger partial charge in [0.2, 0.25) is 5.91 Å². The molecule has 0 fully saturated rings. The van der Waals surface area contributed by atoms with Gasteiger partial charge in [-0.15, -0.1) is 0 Å². The molecule has 0 aliphatic heterocycles. The molecular formula is C23H28N4O. The first kappa shape index (κ1) is 19.8. The second-order valence-electron chi connectivity index (χ2n) is 7.31. The maximum Gasteiger partial charge on any atom is 0.241 e. The van der Waals surface area contributed by atoms with E-state index in [9.17, 15) is 4.79 Å². The van der Waals surface area contributed by atoms with Crippen LogP contribution in [0.3, 0.4) is 0 Å². The number of para-hydroxylation sites is 1. The van der Waals surface area contributed by atoms with Crippen molar-refractivity contribution in [2.45, 2.75) is 45.3 Å². The van der Waals surface area contributed by atoms with Gasteiger partial charge in [-0.05, 0) is 36.1 Å². The van der Waals surface area contributed by atoms with Gasteiger partial charge in [0, 0.05) is 18.1 Å². The van der Waals surface area contributed by atoms with Crippen molar-refractivity contribution < 1.29 is 4.79 Å². The van der Waals surface area contributed by atoms with Crippen LogP contribution in [0.5, 0.6) is 0 Å². The van der Waals surface area contributed by atoms with E-state index in [1.54, 1.807) is 6.20 Å². The third-order valence-corrected chi connectivity index (χ3v) is 4.82. The summed E-state index contributed by atoms with van der Waals surface area (Å²) < 4.78 is 1.88. The van der Waals surface area contributed by atoms with Crippen molar-refractivity contribution in [3.05, 3.63) is 84.2 Å². The summed E-state index contributed by atoms with van der Waals surface area (Å²) in [5.74, 6) is 0.297. The highest BCUT2D eigenvalue weighted by atomic mass is 16.2. The Morgan fingerprint density at radius 2 is 1.71 bits per heavy atom. The zero-order chi connectivity index (χ0) is 19.9. The predicted molar refractivity (Wildman–Crippen MR) is 113 cm³/mol. The third kappa shape index (κ3) is 5.08. The molecule has 2 N–H and O–H groups in total. The summed E-state index contributed by atoms with van der Waals surface area (Å²) in [5, 5.41) is 10.9. The zero-order valence-electron chi connectivity index (χ0n) is 16.7. The van der Waals surface area contributed by atoms with Crippen molar-refractivity contribution >= 4 is 11.6 Å². The molecule has 0 bridgehead atoms. The number of benzene rings is 2. The van der Waals surface area contributed by atoms with Gasteiger partial charge in [0.15, 0.2) is 0 Å². The Kier molecular flexibility index (Phi) is 6.61. The van der Waals surface area contributed by atoms with Gasteiger partial charge in [0.25, 0.3) is 0 Å². The van der Waals surface area contributed by atoms with E-state index in [1.807, 2.05) is 60.3 Å². The van der Waals surface area contributed by atoms with E-state index >= 15 is 0 Å². The van der Waals surface area contributed by atoms with Crippen LogP contribution < -0.4 is 10.6 Å². The molecule has 3 rings (SSSR count). The van der Waals surface area contributed by atoms with Crippen molar-refractivity contribution in [1.29, 1.82) is 0 Å². The van der Waals surface area contributed by atoms with Crippen LogP contribution in [0.1, 0.15) is 43.9 Å². The largest absolute Gasteiger partial charge is 0.324 e. The third-order valence-electron chi connectivity index (χ3n) is 4.82. The van der Waals surface area contributed by atoms with Crippen LogP contribution in [0.15, 0.2) is 73.1 Å². The number of nitrogens with zero attached hydrogens (tertiary/aromatic N) is 2. The summed E-state index contributed by atoms with van der Waals surface area (Å²) in [6.45, 7) is 6.80. The SMILES string of the molecule is CC(C)c1ccccc1NC(=O)[C@@H](C)N[C@@H](Cn1cccn1)c1ccccc1. The van der Waals surface area contributed by atoms with Crippen molar-refractivity contribution in [2.24, 2.45) is 0 Å². The van der Waals surface area contributed by atoms with E-state index in [4.69, 9.17) is 0 Å². The van der Waals surface area contributed by atoms with Crippen LogP contribution in [0.2, 0.25) is 0 Å². The molecule has 0 saturated heterocycles. The fourth-order valence-corrected chi connectivity index (χ4v) is 3.27. The van der Waals surface area contributed by atoms with Gasteiger partial charge < -0.3 is 5.32 Å². The molecular weight excluding hydrogens is 348 g/mol. The highest BCUT2D eigenvalue weighted by Crippen LogP contribution is 2.24. The molecule has 5 heteroatoms. The Morgan fingerprint density at radius 1 is 1.00 bits per heavy atom. The van der Waals surface area contributed by atoms with Crippen LogP contribution >= 0.6 is 0 Å². The van der Waals surface area contributed by atoms with Crippen LogP contribution in [-0.4, -0.2) is 21.7 Å². The van der Waals surface area contributed by atoms with E-state index in [1.165, 1.54) is 0 Å².